The predicted molar refractivity (Wildman–Crippen MR) is 82.7 cm³/mol. The van der Waals surface area contributed by atoms with E-state index < -0.39 is 0 Å². The number of ether oxygens (including phenoxy) is 1. The van der Waals surface area contributed by atoms with Gasteiger partial charge in [0.1, 0.15) is 5.82 Å². The molecule has 0 bridgehead atoms. The second-order valence-corrected chi connectivity index (χ2v) is 5.74. The molecule has 0 aliphatic rings. The molecule has 122 valence electrons. The largest absolute Gasteiger partial charge is 0.469 e. The molecular formula is C17H24FNO3. The molecule has 0 spiro atoms. The van der Waals surface area contributed by atoms with Crippen LogP contribution in [0.4, 0.5) is 4.39 Å². The quantitative estimate of drug-likeness (QED) is 0.728. The van der Waals surface area contributed by atoms with Gasteiger partial charge in [0.05, 0.1) is 13.0 Å². The van der Waals surface area contributed by atoms with Crippen LogP contribution in [0.15, 0.2) is 24.3 Å². The van der Waals surface area contributed by atoms with E-state index in [4.69, 9.17) is 4.74 Å². The summed E-state index contributed by atoms with van der Waals surface area (Å²) in [5.74, 6) is -1.13. The Morgan fingerprint density at radius 3 is 2.27 bits per heavy atom. The predicted octanol–water partition coefficient (Wildman–Crippen LogP) is 2.66. The summed E-state index contributed by atoms with van der Waals surface area (Å²) in [7, 11) is 1.34. The molecule has 0 saturated carbocycles. The lowest BCUT2D eigenvalue weighted by Gasteiger charge is -2.26. The van der Waals surface area contributed by atoms with Gasteiger partial charge in [0.15, 0.2) is 0 Å². The van der Waals surface area contributed by atoms with Crippen molar-refractivity contribution in [3.8, 4) is 0 Å². The van der Waals surface area contributed by atoms with Crippen molar-refractivity contribution < 1.29 is 18.7 Å². The first kappa shape index (κ1) is 18.1. The molecule has 4 nitrogen and oxygen atoms in total. The lowest BCUT2D eigenvalue weighted by atomic mass is 10.1. The van der Waals surface area contributed by atoms with Gasteiger partial charge in [-0.25, -0.2) is 4.39 Å². The lowest BCUT2D eigenvalue weighted by molar-refractivity contribution is -0.146. The molecule has 1 rings (SSSR count). The number of amides is 1. The average molecular weight is 309 g/mol. The van der Waals surface area contributed by atoms with Crippen molar-refractivity contribution in [3.63, 3.8) is 0 Å². The first-order valence-corrected chi connectivity index (χ1v) is 7.46. The summed E-state index contributed by atoms with van der Waals surface area (Å²) in [5.41, 5.74) is 0.952. The van der Waals surface area contributed by atoms with Crippen LogP contribution in [0.3, 0.4) is 0 Å². The molecule has 0 aliphatic heterocycles. The molecule has 1 atom stereocenters. The zero-order valence-electron chi connectivity index (χ0n) is 13.6. The van der Waals surface area contributed by atoms with Crippen LogP contribution in [-0.4, -0.2) is 37.0 Å². The van der Waals surface area contributed by atoms with E-state index in [9.17, 15) is 14.0 Å². The number of rotatable bonds is 7. The van der Waals surface area contributed by atoms with Gasteiger partial charge in [-0.15, -0.1) is 0 Å². The van der Waals surface area contributed by atoms with Crippen LogP contribution < -0.4 is 0 Å². The Hall–Kier alpha value is -1.91. The normalized spacial score (nSPS) is 12.1. The fraction of sp³-hybridized carbons (Fsp3) is 0.529. The Morgan fingerprint density at radius 1 is 1.18 bits per heavy atom. The Balaban J connectivity index is 2.71. The highest BCUT2D eigenvalue weighted by atomic mass is 19.1. The number of carbonyl (C=O) groups excluding carboxylic acids is 2. The van der Waals surface area contributed by atoms with E-state index in [1.165, 1.54) is 19.2 Å². The molecule has 0 aromatic heterocycles. The van der Waals surface area contributed by atoms with E-state index in [0.29, 0.717) is 19.5 Å². The van der Waals surface area contributed by atoms with Crippen molar-refractivity contribution in [3.05, 3.63) is 35.6 Å². The minimum Gasteiger partial charge on any atom is -0.469 e. The van der Waals surface area contributed by atoms with Crippen molar-refractivity contribution >= 4 is 11.9 Å². The maximum absolute atomic E-state index is 12.9. The second-order valence-electron chi connectivity index (χ2n) is 5.74. The van der Waals surface area contributed by atoms with Gasteiger partial charge in [-0.2, -0.15) is 0 Å². The molecule has 5 heteroatoms. The summed E-state index contributed by atoms with van der Waals surface area (Å²) in [5, 5.41) is 0. The Morgan fingerprint density at radius 2 is 1.77 bits per heavy atom. The van der Waals surface area contributed by atoms with Crippen molar-refractivity contribution in [2.24, 2.45) is 11.8 Å². The van der Waals surface area contributed by atoms with E-state index in [2.05, 4.69) is 0 Å². The molecular weight excluding hydrogens is 285 g/mol. The minimum atomic E-state index is -0.374. The number of benzene rings is 1. The van der Waals surface area contributed by atoms with Gasteiger partial charge in [0.2, 0.25) is 5.91 Å². The van der Waals surface area contributed by atoms with Gasteiger partial charge in [0, 0.05) is 19.0 Å². The van der Waals surface area contributed by atoms with Crippen LogP contribution in [0.25, 0.3) is 0 Å². The summed E-state index contributed by atoms with van der Waals surface area (Å²) in [4.78, 5) is 25.5. The Kier molecular flexibility index (Phi) is 7.02. The number of hydrogen-bond donors (Lipinski definition) is 0. The maximum atomic E-state index is 12.9. The highest BCUT2D eigenvalue weighted by Crippen LogP contribution is 2.10. The van der Waals surface area contributed by atoms with E-state index in [0.717, 1.165) is 5.56 Å². The van der Waals surface area contributed by atoms with E-state index in [-0.39, 0.29) is 29.5 Å². The second kappa shape index (κ2) is 8.51. The third kappa shape index (κ3) is 5.47. The molecule has 0 N–H and O–H groups in total. The number of hydrogen-bond acceptors (Lipinski definition) is 3. The number of methoxy groups -OCH3 is 1. The Labute approximate surface area is 131 Å². The summed E-state index contributed by atoms with van der Waals surface area (Å²) in [6, 6.07) is 6.22. The lowest BCUT2D eigenvalue weighted by Crippen LogP contribution is -2.40. The molecule has 22 heavy (non-hydrogen) atoms. The van der Waals surface area contributed by atoms with Crippen LogP contribution in [0.2, 0.25) is 0 Å². The van der Waals surface area contributed by atoms with Crippen LogP contribution in [-0.2, 0) is 20.7 Å². The van der Waals surface area contributed by atoms with E-state index in [1.807, 2.05) is 13.8 Å². The molecule has 1 unspecified atom stereocenters. The molecule has 0 saturated heterocycles. The highest BCUT2D eigenvalue weighted by molar-refractivity contribution is 5.79. The number of esters is 1. The van der Waals surface area contributed by atoms with Crippen LogP contribution in [0.5, 0.6) is 0 Å². The van der Waals surface area contributed by atoms with Crippen molar-refractivity contribution in [1.29, 1.82) is 0 Å². The van der Waals surface area contributed by atoms with Crippen molar-refractivity contribution in [2.75, 3.05) is 20.2 Å². The fourth-order valence-corrected chi connectivity index (χ4v) is 2.18. The number of nitrogens with zero attached hydrogens (tertiary/aromatic N) is 1. The van der Waals surface area contributed by atoms with Crippen LogP contribution in [0, 0.1) is 17.7 Å². The van der Waals surface area contributed by atoms with Gasteiger partial charge in [0.25, 0.3) is 0 Å². The van der Waals surface area contributed by atoms with Crippen LogP contribution >= 0.6 is 0 Å². The molecule has 0 heterocycles. The zero-order valence-corrected chi connectivity index (χ0v) is 13.6. The first-order valence-electron chi connectivity index (χ1n) is 7.46. The SMILES string of the molecule is COC(=O)C(C)CN(CCc1ccc(F)cc1)C(=O)C(C)C. The number of halogens is 1. The fourth-order valence-electron chi connectivity index (χ4n) is 2.18. The zero-order chi connectivity index (χ0) is 16.7. The highest BCUT2D eigenvalue weighted by Gasteiger charge is 2.23. The standard InChI is InChI=1S/C17H24FNO3/c1-12(2)16(20)19(11-13(3)17(21)22-4)10-9-14-5-7-15(18)8-6-14/h5-8,12-13H,9-11H2,1-4H3. The van der Waals surface area contributed by atoms with Crippen molar-refractivity contribution in [2.45, 2.75) is 27.2 Å². The first-order chi connectivity index (χ1) is 10.3. The monoisotopic (exact) mass is 309 g/mol. The smallest absolute Gasteiger partial charge is 0.310 e. The topological polar surface area (TPSA) is 46.6 Å². The summed E-state index contributed by atoms with van der Waals surface area (Å²) in [6.45, 7) is 6.21. The van der Waals surface area contributed by atoms with Crippen molar-refractivity contribution in [1.82, 2.24) is 4.90 Å². The number of carbonyl (C=O) groups is 2. The van der Waals surface area contributed by atoms with E-state index in [1.54, 1.807) is 24.0 Å². The summed E-state index contributed by atoms with van der Waals surface area (Å²) < 4.78 is 17.6. The van der Waals surface area contributed by atoms with Gasteiger partial charge in [-0.05, 0) is 24.1 Å². The molecule has 1 aromatic rings. The third-order valence-electron chi connectivity index (χ3n) is 3.49. The molecule has 1 amide bonds. The van der Waals surface area contributed by atoms with Gasteiger partial charge in [-0.1, -0.05) is 32.9 Å². The summed E-state index contributed by atoms with van der Waals surface area (Å²) >= 11 is 0. The average Bonchev–Trinajstić information content (AvgIpc) is 2.50. The van der Waals surface area contributed by atoms with E-state index >= 15 is 0 Å². The van der Waals surface area contributed by atoms with Gasteiger partial charge >= 0.3 is 5.97 Å². The molecule has 0 fully saturated rings. The maximum Gasteiger partial charge on any atom is 0.310 e. The third-order valence-corrected chi connectivity index (χ3v) is 3.49. The van der Waals surface area contributed by atoms with Crippen LogP contribution in [0.1, 0.15) is 26.3 Å². The molecule has 1 aromatic carbocycles. The molecule has 0 radical (unpaired) electrons. The molecule has 0 aliphatic carbocycles. The van der Waals surface area contributed by atoms with Gasteiger partial charge < -0.3 is 9.64 Å². The minimum absolute atomic E-state index is 0.00198. The van der Waals surface area contributed by atoms with Gasteiger partial charge in [-0.3, -0.25) is 9.59 Å². The Bertz CT molecular complexity index is 499. The summed E-state index contributed by atoms with van der Waals surface area (Å²) in [6.07, 6.45) is 0.618.